The molecule has 0 amide bonds. The van der Waals surface area contributed by atoms with Gasteiger partial charge in [-0.3, -0.25) is 25.7 Å². The Morgan fingerprint density at radius 2 is 1.77 bits per heavy atom. The van der Waals surface area contributed by atoms with Crippen LogP contribution in [-0.4, -0.2) is 23.2 Å². The van der Waals surface area contributed by atoms with E-state index in [0.717, 1.165) is 17.7 Å². The van der Waals surface area contributed by atoms with Crippen LogP contribution in [0.5, 0.6) is 11.5 Å². The Kier molecular flexibility index (Phi) is 6.74. The summed E-state index contributed by atoms with van der Waals surface area (Å²) in [5.74, 6) is 0.957. The SMILES string of the molecule is COc1cccc(/C=N/Nc2ccc([N+](=O)[O-])cc2[N+](=O)[O-])c1OCc1ccccc1. The lowest BCUT2D eigenvalue weighted by Crippen LogP contribution is -2.02. The monoisotopic (exact) mass is 422 g/mol. The predicted molar refractivity (Wildman–Crippen MR) is 115 cm³/mol. The molecule has 0 saturated heterocycles. The van der Waals surface area contributed by atoms with Gasteiger partial charge in [-0.2, -0.15) is 5.10 Å². The first kappa shape index (κ1) is 21.2. The molecular formula is C21H18N4O6. The summed E-state index contributed by atoms with van der Waals surface area (Å²) in [7, 11) is 1.52. The number of hydrogen-bond donors (Lipinski definition) is 1. The number of nitro groups is 2. The van der Waals surface area contributed by atoms with E-state index in [1.807, 2.05) is 30.3 Å². The molecule has 0 spiro atoms. The average Bonchev–Trinajstić information content (AvgIpc) is 2.78. The zero-order valence-electron chi connectivity index (χ0n) is 16.4. The highest BCUT2D eigenvalue weighted by Crippen LogP contribution is 2.32. The number of ether oxygens (including phenoxy) is 2. The highest BCUT2D eigenvalue weighted by Gasteiger charge is 2.19. The Balaban J connectivity index is 1.82. The van der Waals surface area contributed by atoms with Gasteiger partial charge in [-0.05, 0) is 23.8 Å². The van der Waals surface area contributed by atoms with Crippen LogP contribution in [0.4, 0.5) is 17.1 Å². The Hall–Kier alpha value is -4.47. The van der Waals surface area contributed by atoms with Crippen molar-refractivity contribution in [1.82, 2.24) is 0 Å². The summed E-state index contributed by atoms with van der Waals surface area (Å²) in [6.07, 6.45) is 1.42. The van der Waals surface area contributed by atoms with E-state index in [1.54, 1.807) is 18.2 Å². The van der Waals surface area contributed by atoms with Gasteiger partial charge in [0.25, 0.3) is 5.69 Å². The Bertz CT molecular complexity index is 1120. The maximum absolute atomic E-state index is 11.2. The molecular weight excluding hydrogens is 404 g/mol. The van der Waals surface area contributed by atoms with Crippen LogP contribution in [0, 0.1) is 20.2 Å². The second kappa shape index (κ2) is 9.83. The largest absolute Gasteiger partial charge is 0.493 e. The molecule has 1 N–H and O–H groups in total. The Morgan fingerprint density at radius 1 is 1.00 bits per heavy atom. The zero-order valence-corrected chi connectivity index (χ0v) is 16.4. The smallest absolute Gasteiger partial charge is 0.301 e. The third-order valence-corrected chi connectivity index (χ3v) is 4.23. The Labute approximate surface area is 177 Å². The van der Waals surface area contributed by atoms with Crippen molar-refractivity contribution >= 4 is 23.3 Å². The number of para-hydroxylation sites is 1. The standard InChI is InChI=1S/C21H18N4O6/c1-30-20-9-5-8-16(21(20)31-14-15-6-3-2-4-7-15)13-22-23-18-11-10-17(24(26)27)12-19(18)25(28)29/h2-13,23H,14H2,1H3/b22-13+. The van der Waals surface area contributed by atoms with Crippen molar-refractivity contribution in [2.45, 2.75) is 6.61 Å². The van der Waals surface area contributed by atoms with Crippen LogP contribution >= 0.6 is 0 Å². The molecule has 0 saturated carbocycles. The van der Waals surface area contributed by atoms with Crippen molar-refractivity contribution in [2.24, 2.45) is 5.10 Å². The molecule has 0 aliphatic carbocycles. The van der Waals surface area contributed by atoms with Crippen molar-refractivity contribution in [3.05, 3.63) is 98.1 Å². The van der Waals surface area contributed by atoms with Crippen LogP contribution in [0.3, 0.4) is 0 Å². The second-order valence-electron chi connectivity index (χ2n) is 6.24. The summed E-state index contributed by atoms with van der Waals surface area (Å²) in [6, 6.07) is 18.1. The highest BCUT2D eigenvalue weighted by molar-refractivity contribution is 5.85. The average molecular weight is 422 g/mol. The number of nitrogens with one attached hydrogen (secondary N) is 1. The normalized spacial score (nSPS) is 10.6. The fourth-order valence-electron chi connectivity index (χ4n) is 2.73. The van der Waals surface area contributed by atoms with E-state index in [-0.39, 0.29) is 11.4 Å². The summed E-state index contributed by atoms with van der Waals surface area (Å²) in [5, 5.41) is 26.1. The van der Waals surface area contributed by atoms with Crippen molar-refractivity contribution < 1.29 is 19.3 Å². The third kappa shape index (κ3) is 5.32. The third-order valence-electron chi connectivity index (χ3n) is 4.23. The molecule has 3 rings (SSSR count). The highest BCUT2D eigenvalue weighted by atomic mass is 16.6. The predicted octanol–water partition coefficient (Wildman–Crippen LogP) is 4.54. The second-order valence-corrected chi connectivity index (χ2v) is 6.24. The van der Waals surface area contributed by atoms with Gasteiger partial charge in [-0.25, -0.2) is 0 Å². The van der Waals surface area contributed by atoms with Crippen LogP contribution in [0.15, 0.2) is 71.8 Å². The van der Waals surface area contributed by atoms with Gasteiger partial charge < -0.3 is 9.47 Å². The molecule has 31 heavy (non-hydrogen) atoms. The Morgan fingerprint density at radius 3 is 2.45 bits per heavy atom. The van der Waals surface area contributed by atoms with E-state index in [0.29, 0.717) is 23.7 Å². The molecule has 0 aliphatic rings. The summed E-state index contributed by atoms with van der Waals surface area (Å²) in [5.41, 5.74) is 3.27. The minimum absolute atomic E-state index is 0.0153. The van der Waals surface area contributed by atoms with Gasteiger partial charge in [0.2, 0.25) is 0 Å². The quantitative estimate of drug-likeness (QED) is 0.304. The number of nitrogens with zero attached hydrogens (tertiary/aromatic N) is 3. The van der Waals surface area contributed by atoms with Crippen LogP contribution in [0.1, 0.15) is 11.1 Å². The molecule has 0 aliphatic heterocycles. The van der Waals surface area contributed by atoms with Crippen molar-refractivity contribution in [3.8, 4) is 11.5 Å². The molecule has 158 valence electrons. The van der Waals surface area contributed by atoms with Crippen LogP contribution in [0.2, 0.25) is 0 Å². The first-order chi connectivity index (χ1) is 15.0. The van der Waals surface area contributed by atoms with E-state index in [2.05, 4.69) is 10.5 Å². The number of hydrazone groups is 1. The van der Waals surface area contributed by atoms with Gasteiger partial charge >= 0.3 is 5.69 Å². The molecule has 0 heterocycles. The first-order valence-corrected chi connectivity index (χ1v) is 9.05. The number of rotatable bonds is 9. The summed E-state index contributed by atoms with van der Waals surface area (Å²) >= 11 is 0. The zero-order chi connectivity index (χ0) is 22.2. The maximum atomic E-state index is 11.2. The van der Waals surface area contributed by atoms with E-state index < -0.39 is 15.5 Å². The minimum atomic E-state index is -0.717. The molecule has 0 aromatic heterocycles. The van der Waals surface area contributed by atoms with Gasteiger partial charge in [-0.1, -0.05) is 36.4 Å². The minimum Gasteiger partial charge on any atom is -0.493 e. The molecule has 10 heteroatoms. The van der Waals surface area contributed by atoms with E-state index in [9.17, 15) is 20.2 Å². The lowest BCUT2D eigenvalue weighted by Gasteiger charge is -2.13. The number of anilines is 1. The number of hydrogen-bond acceptors (Lipinski definition) is 8. The van der Waals surface area contributed by atoms with Crippen LogP contribution in [0.25, 0.3) is 0 Å². The van der Waals surface area contributed by atoms with Crippen molar-refractivity contribution in [3.63, 3.8) is 0 Å². The molecule has 0 unspecified atom stereocenters. The van der Waals surface area contributed by atoms with E-state index in [1.165, 1.54) is 19.4 Å². The van der Waals surface area contributed by atoms with E-state index >= 15 is 0 Å². The summed E-state index contributed by atoms with van der Waals surface area (Å²) in [6.45, 7) is 0.309. The summed E-state index contributed by atoms with van der Waals surface area (Å²) < 4.78 is 11.3. The van der Waals surface area contributed by atoms with Gasteiger partial charge in [0.05, 0.1) is 29.2 Å². The van der Waals surface area contributed by atoms with Crippen molar-refractivity contribution in [1.29, 1.82) is 0 Å². The van der Waals surface area contributed by atoms with Gasteiger partial charge in [-0.15, -0.1) is 0 Å². The number of benzene rings is 3. The summed E-state index contributed by atoms with van der Waals surface area (Å²) in [4.78, 5) is 20.7. The number of non-ortho nitro benzene ring substituents is 1. The van der Waals surface area contributed by atoms with Gasteiger partial charge in [0.15, 0.2) is 11.5 Å². The molecule has 0 radical (unpaired) electrons. The number of nitro benzene ring substituents is 2. The van der Waals surface area contributed by atoms with E-state index in [4.69, 9.17) is 9.47 Å². The lowest BCUT2D eigenvalue weighted by molar-refractivity contribution is -0.393. The maximum Gasteiger partial charge on any atom is 0.301 e. The molecule has 3 aromatic rings. The topological polar surface area (TPSA) is 129 Å². The molecule has 0 atom stereocenters. The van der Waals surface area contributed by atoms with Crippen LogP contribution in [-0.2, 0) is 6.61 Å². The molecule has 3 aromatic carbocycles. The first-order valence-electron chi connectivity index (χ1n) is 9.05. The van der Waals surface area contributed by atoms with Crippen LogP contribution < -0.4 is 14.9 Å². The number of methoxy groups -OCH3 is 1. The fourth-order valence-corrected chi connectivity index (χ4v) is 2.73. The molecule has 0 fully saturated rings. The molecule has 10 nitrogen and oxygen atoms in total. The van der Waals surface area contributed by atoms with Crippen molar-refractivity contribution in [2.75, 3.05) is 12.5 Å². The fraction of sp³-hybridized carbons (Fsp3) is 0.0952. The lowest BCUT2D eigenvalue weighted by atomic mass is 10.2. The molecule has 0 bridgehead atoms. The van der Waals surface area contributed by atoms with Gasteiger partial charge in [0, 0.05) is 11.6 Å². The van der Waals surface area contributed by atoms with Gasteiger partial charge in [0.1, 0.15) is 12.3 Å².